The van der Waals surface area contributed by atoms with Crippen LogP contribution in [-0.2, 0) is 9.59 Å². The van der Waals surface area contributed by atoms with Crippen LogP contribution in [0.5, 0.6) is 0 Å². The molecule has 1 aliphatic rings. The van der Waals surface area contributed by atoms with E-state index in [1.807, 2.05) is 19.1 Å². The van der Waals surface area contributed by atoms with Crippen molar-refractivity contribution >= 4 is 59.0 Å². The van der Waals surface area contributed by atoms with Crippen LogP contribution in [0, 0.1) is 12.8 Å². The second-order valence-corrected chi connectivity index (χ2v) is 7.40. The van der Waals surface area contributed by atoms with Crippen LogP contribution in [0.3, 0.4) is 0 Å². The van der Waals surface area contributed by atoms with Crippen LogP contribution in [0.2, 0.25) is 5.02 Å². The van der Waals surface area contributed by atoms with Crippen molar-refractivity contribution in [3.63, 3.8) is 0 Å². The van der Waals surface area contributed by atoms with E-state index < -0.39 is 0 Å². The number of anilines is 1. The Labute approximate surface area is 195 Å². The van der Waals surface area contributed by atoms with Gasteiger partial charge in [-0.3, -0.25) is 14.6 Å². The highest BCUT2D eigenvalue weighted by atomic mass is 127. The first-order chi connectivity index (χ1) is 13.4. The number of carbonyl (C=O) groups is 2. The molecule has 0 radical (unpaired) electrons. The number of amides is 2. The highest BCUT2D eigenvalue weighted by molar-refractivity contribution is 14.0. The molecule has 2 amide bonds. The summed E-state index contributed by atoms with van der Waals surface area (Å²) in [5.74, 6) is 1.24. The number of piperidine rings is 1. The molecule has 0 aliphatic carbocycles. The molecule has 9 heteroatoms. The minimum Gasteiger partial charge on any atom is -0.359 e. The van der Waals surface area contributed by atoms with Gasteiger partial charge in [0.1, 0.15) is 0 Å². The molecular weight excluding hydrogens is 505 g/mol. The van der Waals surface area contributed by atoms with Crippen molar-refractivity contribution in [1.29, 1.82) is 0 Å². The summed E-state index contributed by atoms with van der Waals surface area (Å²) in [6.07, 6.45) is 2.84. The number of guanidine groups is 1. The van der Waals surface area contributed by atoms with Crippen molar-refractivity contribution in [3.05, 3.63) is 28.8 Å². The van der Waals surface area contributed by atoms with Crippen LogP contribution >= 0.6 is 35.6 Å². The summed E-state index contributed by atoms with van der Waals surface area (Å²) in [7, 11) is 3.42. The summed E-state index contributed by atoms with van der Waals surface area (Å²) in [4.78, 5) is 30.2. The van der Waals surface area contributed by atoms with E-state index in [2.05, 4.69) is 25.8 Å². The number of rotatable bonds is 6. The second kappa shape index (κ2) is 12.9. The summed E-state index contributed by atoms with van der Waals surface area (Å²) < 4.78 is 0. The number of nitrogens with one attached hydrogen (secondary N) is 3. The Kier molecular flexibility index (Phi) is 11.3. The highest BCUT2D eigenvalue weighted by Gasteiger charge is 2.23. The van der Waals surface area contributed by atoms with Crippen molar-refractivity contribution in [3.8, 4) is 0 Å². The van der Waals surface area contributed by atoms with Gasteiger partial charge in [0, 0.05) is 57.3 Å². The van der Waals surface area contributed by atoms with Crippen LogP contribution in [0.15, 0.2) is 23.2 Å². The maximum atomic E-state index is 12.2. The van der Waals surface area contributed by atoms with Crippen LogP contribution < -0.4 is 16.0 Å². The predicted molar refractivity (Wildman–Crippen MR) is 129 cm³/mol. The molecule has 0 spiro atoms. The minimum absolute atomic E-state index is 0. The largest absolute Gasteiger partial charge is 0.359 e. The highest BCUT2D eigenvalue weighted by Crippen LogP contribution is 2.23. The van der Waals surface area contributed by atoms with E-state index >= 15 is 0 Å². The van der Waals surface area contributed by atoms with E-state index in [0.29, 0.717) is 30.3 Å². The molecule has 0 bridgehead atoms. The first-order valence-corrected chi connectivity index (χ1v) is 10.0. The first kappa shape index (κ1) is 25.5. The minimum atomic E-state index is -0.0717. The van der Waals surface area contributed by atoms with Gasteiger partial charge in [0.25, 0.3) is 0 Å². The van der Waals surface area contributed by atoms with Crippen molar-refractivity contribution in [2.24, 2.45) is 10.9 Å². The van der Waals surface area contributed by atoms with Gasteiger partial charge in [-0.15, -0.1) is 24.0 Å². The van der Waals surface area contributed by atoms with Crippen molar-refractivity contribution in [2.75, 3.05) is 39.0 Å². The Morgan fingerprint density at radius 3 is 2.55 bits per heavy atom. The van der Waals surface area contributed by atoms with E-state index in [9.17, 15) is 9.59 Å². The van der Waals surface area contributed by atoms with Gasteiger partial charge >= 0.3 is 0 Å². The summed E-state index contributed by atoms with van der Waals surface area (Å²) in [6, 6.07) is 5.46. The Morgan fingerprint density at radius 1 is 1.24 bits per heavy atom. The zero-order valence-corrected chi connectivity index (χ0v) is 20.3. The number of nitrogens with zero attached hydrogens (tertiary/aromatic N) is 2. The smallest absolute Gasteiger partial charge is 0.226 e. The van der Waals surface area contributed by atoms with E-state index in [1.54, 1.807) is 20.2 Å². The van der Waals surface area contributed by atoms with Gasteiger partial charge in [-0.1, -0.05) is 17.7 Å². The van der Waals surface area contributed by atoms with Gasteiger partial charge < -0.3 is 20.9 Å². The standard InChI is InChI=1S/C20H30ClN5O2.HI/c1-14-16(21)5-4-6-17(14)25-18(27)7-10-24-20(23-3)26-11-8-15(9-12-26)13-19(28)22-2;/h4-6,15H,7-13H2,1-3H3,(H,22,28)(H,23,24)(H,25,27);1H. The third-order valence-corrected chi connectivity index (χ3v) is 5.47. The third-order valence-electron chi connectivity index (χ3n) is 5.06. The first-order valence-electron chi connectivity index (χ1n) is 9.65. The van der Waals surface area contributed by atoms with E-state index in [1.165, 1.54) is 0 Å². The van der Waals surface area contributed by atoms with Crippen LogP contribution in [0.4, 0.5) is 5.69 Å². The Morgan fingerprint density at radius 2 is 1.93 bits per heavy atom. The van der Waals surface area contributed by atoms with E-state index in [0.717, 1.165) is 43.1 Å². The number of hydrogen-bond donors (Lipinski definition) is 3. The van der Waals surface area contributed by atoms with Crippen LogP contribution in [0.1, 0.15) is 31.2 Å². The summed E-state index contributed by atoms with van der Waals surface area (Å²) >= 11 is 6.09. The molecule has 0 saturated carbocycles. The van der Waals surface area contributed by atoms with Gasteiger partial charge in [0.2, 0.25) is 11.8 Å². The molecular formula is C20H31ClIN5O2. The summed E-state index contributed by atoms with van der Waals surface area (Å²) in [6.45, 7) is 4.09. The van der Waals surface area contributed by atoms with Crippen LogP contribution in [0.25, 0.3) is 0 Å². The number of halogens is 2. The lowest BCUT2D eigenvalue weighted by molar-refractivity contribution is -0.121. The topological polar surface area (TPSA) is 85.8 Å². The molecule has 1 aromatic rings. The predicted octanol–water partition coefficient (Wildman–Crippen LogP) is 3.02. The number of carbonyl (C=O) groups excluding carboxylic acids is 2. The lowest BCUT2D eigenvalue weighted by Gasteiger charge is -2.34. The molecule has 3 N–H and O–H groups in total. The summed E-state index contributed by atoms with van der Waals surface area (Å²) in [5.41, 5.74) is 1.60. The average molecular weight is 536 g/mol. The monoisotopic (exact) mass is 535 g/mol. The molecule has 2 rings (SSSR count). The van der Waals surface area contributed by atoms with Crippen molar-refractivity contribution in [1.82, 2.24) is 15.5 Å². The molecule has 29 heavy (non-hydrogen) atoms. The fourth-order valence-corrected chi connectivity index (χ4v) is 3.46. The summed E-state index contributed by atoms with van der Waals surface area (Å²) in [5, 5.41) is 9.48. The van der Waals surface area contributed by atoms with Gasteiger partial charge in [0.15, 0.2) is 5.96 Å². The zero-order chi connectivity index (χ0) is 20.5. The molecule has 0 unspecified atom stereocenters. The van der Waals surface area contributed by atoms with Gasteiger partial charge in [0.05, 0.1) is 0 Å². The van der Waals surface area contributed by atoms with Gasteiger partial charge in [-0.25, -0.2) is 0 Å². The number of aliphatic imine (C=N–C) groups is 1. The number of hydrogen-bond acceptors (Lipinski definition) is 3. The lowest BCUT2D eigenvalue weighted by atomic mass is 9.93. The molecule has 1 heterocycles. The SMILES string of the molecule is CN=C(NCCC(=O)Nc1cccc(Cl)c1C)N1CCC(CC(=O)NC)CC1.I. The maximum absolute atomic E-state index is 12.2. The fraction of sp³-hybridized carbons (Fsp3) is 0.550. The van der Waals surface area contributed by atoms with Crippen molar-refractivity contribution < 1.29 is 9.59 Å². The van der Waals surface area contributed by atoms with Crippen LogP contribution in [-0.4, -0.2) is 56.4 Å². The van der Waals surface area contributed by atoms with E-state index in [4.69, 9.17) is 11.6 Å². The van der Waals surface area contributed by atoms with Gasteiger partial charge in [-0.05, 0) is 43.4 Å². The fourth-order valence-electron chi connectivity index (χ4n) is 3.29. The Balaban J connectivity index is 0.00000420. The molecule has 7 nitrogen and oxygen atoms in total. The van der Waals surface area contributed by atoms with E-state index in [-0.39, 0.29) is 35.8 Å². The molecule has 1 saturated heterocycles. The lowest BCUT2D eigenvalue weighted by Crippen LogP contribution is -2.46. The molecule has 1 aromatic carbocycles. The molecule has 0 aromatic heterocycles. The molecule has 162 valence electrons. The Hall–Kier alpha value is -1.55. The third kappa shape index (κ3) is 8.00. The normalized spacial score (nSPS) is 14.8. The number of benzene rings is 1. The second-order valence-electron chi connectivity index (χ2n) is 6.99. The van der Waals surface area contributed by atoms with Gasteiger partial charge in [-0.2, -0.15) is 0 Å². The van der Waals surface area contributed by atoms with Crippen molar-refractivity contribution in [2.45, 2.75) is 32.6 Å². The molecule has 1 fully saturated rings. The Bertz CT molecular complexity index is 721. The quantitative estimate of drug-likeness (QED) is 0.297. The number of likely N-dealkylation sites (tertiary alicyclic amines) is 1. The zero-order valence-electron chi connectivity index (χ0n) is 17.3. The molecule has 1 aliphatic heterocycles. The average Bonchev–Trinajstić information content (AvgIpc) is 2.69. The maximum Gasteiger partial charge on any atom is 0.226 e. The molecule has 0 atom stereocenters.